The molecule has 204 valence electrons. The Bertz CT molecular complexity index is 1240. The fraction of sp³-hybridized carbons (Fsp3) is 0.462. The molecule has 4 rings (SSSR count). The van der Waals surface area contributed by atoms with Crippen LogP contribution in [0.1, 0.15) is 43.3 Å². The first-order chi connectivity index (χ1) is 18.2. The number of carboxylic acids is 1. The molecule has 2 aliphatic rings. The summed E-state index contributed by atoms with van der Waals surface area (Å²) >= 11 is 7.73. The lowest BCUT2D eigenvalue weighted by Crippen LogP contribution is -2.55. The van der Waals surface area contributed by atoms with E-state index in [1.807, 2.05) is 13.8 Å². The van der Waals surface area contributed by atoms with Gasteiger partial charge in [-0.15, -0.1) is 11.3 Å². The Morgan fingerprint density at radius 3 is 2.84 bits per heavy atom. The molecule has 1 fully saturated rings. The quantitative estimate of drug-likeness (QED) is 0.439. The van der Waals surface area contributed by atoms with E-state index in [1.54, 1.807) is 17.6 Å². The largest absolute Gasteiger partial charge is 0.481 e. The Balaban J connectivity index is 1.80. The Labute approximate surface area is 229 Å². The zero-order chi connectivity index (χ0) is 27.4. The summed E-state index contributed by atoms with van der Waals surface area (Å²) in [6.45, 7) is 5.32. The van der Waals surface area contributed by atoms with Crippen LogP contribution in [0.5, 0.6) is 0 Å². The van der Waals surface area contributed by atoms with Crippen molar-refractivity contribution in [1.29, 1.82) is 0 Å². The van der Waals surface area contributed by atoms with Crippen LogP contribution in [0.25, 0.3) is 0 Å². The number of aromatic nitrogens is 1. The molecule has 0 amide bonds. The number of hydrogen-bond donors (Lipinski definition) is 2. The molecule has 2 N–H and O–H groups in total. The minimum absolute atomic E-state index is 0.0164. The van der Waals surface area contributed by atoms with Crippen molar-refractivity contribution in [3.8, 4) is 0 Å². The molecule has 0 saturated carbocycles. The number of esters is 1. The van der Waals surface area contributed by atoms with Crippen LogP contribution in [-0.2, 0) is 19.1 Å². The standard InChI is InChI=1S/C26H30ClFN4O5S/c1-14(2)23-18(7-8-19(33)34)32(10-11-37-23)13-17-20(26(35)36-3)22(15-5-4-6-16(28)21(15)27)31-24(30-17)25-29-9-12-38-25/h4-6,9,12,14,18,22-23H,7-8,10-11,13H2,1-3H3,(H,30,31)(H,33,34)/t18?,22-,23+/m0/s1. The summed E-state index contributed by atoms with van der Waals surface area (Å²) in [6.07, 6.45) is 1.82. The molecule has 1 aromatic carbocycles. The second kappa shape index (κ2) is 12.3. The maximum Gasteiger partial charge on any atom is 0.338 e. The van der Waals surface area contributed by atoms with Crippen LogP contribution in [0.4, 0.5) is 4.39 Å². The van der Waals surface area contributed by atoms with Gasteiger partial charge in [0.25, 0.3) is 0 Å². The third kappa shape index (κ3) is 6.06. The monoisotopic (exact) mass is 564 g/mol. The van der Waals surface area contributed by atoms with Crippen molar-refractivity contribution in [2.45, 2.75) is 44.9 Å². The van der Waals surface area contributed by atoms with Crippen LogP contribution in [0.2, 0.25) is 5.02 Å². The Morgan fingerprint density at radius 1 is 1.39 bits per heavy atom. The lowest BCUT2D eigenvalue weighted by Gasteiger charge is -2.44. The first kappa shape index (κ1) is 28.2. The molecule has 1 aromatic heterocycles. The number of carboxylic acid groups (broad SMARTS) is 1. The zero-order valence-corrected chi connectivity index (χ0v) is 22.9. The fourth-order valence-electron chi connectivity index (χ4n) is 4.92. The minimum atomic E-state index is -0.944. The third-order valence-electron chi connectivity index (χ3n) is 6.65. The highest BCUT2D eigenvalue weighted by atomic mass is 35.5. The molecule has 38 heavy (non-hydrogen) atoms. The van der Waals surface area contributed by atoms with Crippen LogP contribution in [-0.4, -0.2) is 71.7 Å². The van der Waals surface area contributed by atoms with E-state index in [0.717, 1.165) is 0 Å². The highest BCUT2D eigenvalue weighted by Crippen LogP contribution is 2.38. The molecule has 3 atom stereocenters. The number of nitrogens with one attached hydrogen (secondary N) is 1. The number of methoxy groups -OCH3 is 1. The number of carbonyl (C=O) groups is 2. The summed E-state index contributed by atoms with van der Waals surface area (Å²) in [5, 5.41) is 14.9. The number of morpholine rings is 1. The van der Waals surface area contributed by atoms with Crippen molar-refractivity contribution in [2.24, 2.45) is 10.9 Å². The van der Waals surface area contributed by atoms with E-state index in [1.165, 1.54) is 30.6 Å². The number of halogens is 2. The predicted molar refractivity (Wildman–Crippen MR) is 142 cm³/mol. The van der Waals surface area contributed by atoms with Crippen LogP contribution in [0, 0.1) is 11.7 Å². The average Bonchev–Trinajstić information content (AvgIpc) is 3.43. The van der Waals surface area contributed by atoms with Crippen molar-refractivity contribution in [1.82, 2.24) is 15.2 Å². The van der Waals surface area contributed by atoms with Crippen LogP contribution >= 0.6 is 22.9 Å². The fourth-order valence-corrected chi connectivity index (χ4v) is 5.74. The summed E-state index contributed by atoms with van der Waals surface area (Å²) in [5.74, 6) is -1.57. The van der Waals surface area contributed by atoms with Crippen molar-refractivity contribution in [3.05, 3.63) is 62.5 Å². The highest BCUT2D eigenvalue weighted by molar-refractivity contribution is 7.11. The second-order valence-corrected chi connectivity index (χ2v) is 10.7. The summed E-state index contributed by atoms with van der Waals surface area (Å²) in [6, 6.07) is 3.24. The zero-order valence-electron chi connectivity index (χ0n) is 21.3. The molecule has 9 nitrogen and oxygen atoms in total. The van der Waals surface area contributed by atoms with Crippen molar-refractivity contribution >= 4 is 40.7 Å². The average molecular weight is 565 g/mol. The summed E-state index contributed by atoms with van der Waals surface area (Å²) < 4.78 is 25.7. The van der Waals surface area contributed by atoms with Gasteiger partial charge in [0.05, 0.1) is 30.4 Å². The number of rotatable bonds is 9. The molecule has 0 spiro atoms. The van der Waals surface area contributed by atoms with E-state index in [0.29, 0.717) is 41.7 Å². The van der Waals surface area contributed by atoms with Crippen molar-refractivity contribution in [2.75, 3.05) is 26.8 Å². The molecular formula is C26H30ClFN4O5S. The number of aliphatic imine (C=N–C) groups is 1. The SMILES string of the molecule is COC(=O)C1=C(CN2CCO[C@H](C(C)C)C2CCC(=O)O)NC(c2nccs2)=N[C@H]1c1cccc(F)c1Cl. The van der Waals surface area contributed by atoms with Crippen molar-refractivity contribution < 1.29 is 28.6 Å². The van der Waals surface area contributed by atoms with E-state index in [9.17, 15) is 19.1 Å². The number of carbonyl (C=O) groups excluding carboxylic acids is 1. The number of benzene rings is 1. The normalized spacial score (nSPS) is 22.3. The van der Waals surface area contributed by atoms with Crippen LogP contribution < -0.4 is 5.32 Å². The molecular weight excluding hydrogens is 535 g/mol. The third-order valence-corrected chi connectivity index (χ3v) is 7.83. The topological polar surface area (TPSA) is 113 Å². The molecule has 0 bridgehead atoms. The maximum atomic E-state index is 14.5. The van der Waals surface area contributed by atoms with Gasteiger partial charge in [-0.25, -0.2) is 14.2 Å². The number of hydrogen-bond acceptors (Lipinski definition) is 9. The highest BCUT2D eigenvalue weighted by Gasteiger charge is 2.39. The van der Waals surface area contributed by atoms with Gasteiger partial charge in [0.15, 0.2) is 10.8 Å². The molecule has 1 saturated heterocycles. The summed E-state index contributed by atoms with van der Waals surface area (Å²) in [7, 11) is 1.27. The van der Waals surface area contributed by atoms with Crippen LogP contribution in [0.15, 0.2) is 46.0 Å². The Kier molecular flexibility index (Phi) is 9.14. The molecule has 2 aromatic rings. The lowest BCUT2D eigenvalue weighted by molar-refractivity contribution is -0.139. The minimum Gasteiger partial charge on any atom is -0.481 e. The predicted octanol–water partition coefficient (Wildman–Crippen LogP) is 4.04. The Morgan fingerprint density at radius 2 is 2.18 bits per heavy atom. The number of amidine groups is 1. The van der Waals surface area contributed by atoms with Gasteiger partial charge in [-0.2, -0.15) is 0 Å². The van der Waals surface area contributed by atoms with E-state index in [-0.39, 0.29) is 41.6 Å². The van der Waals surface area contributed by atoms with Gasteiger partial charge < -0.3 is 19.9 Å². The number of thiazole rings is 1. The van der Waals surface area contributed by atoms with E-state index < -0.39 is 23.8 Å². The smallest absolute Gasteiger partial charge is 0.338 e. The first-order valence-corrected chi connectivity index (χ1v) is 13.5. The van der Waals surface area contributed by atoms with E-state index in [2.05, 4.69) is 15.2 Å². The molecule has 1 unspecified atom stereocenters. The number of ether oxygens (including phenoxy) is 2. The summed E-state index contributed by atoms with van der Waals surface area (Å²) in [4.78, 5) is 35.8. The second-order valence-electron chi connectivity index (χ2n) is 9.42. The van der Waals surface area contributed by atoms with Crippen LogP contribution in [0.3, 0.4) is 0 Å². The van der Waals surface area contributed by atoms with Gasteiger partial charge in [0.1, 0.15) is 11.9 Å². The molecule has 12 heteroatoms. The summed E-state index contributed by atoms with van der Waals surface area (Å²) in [5.41, 5.74) is 1.03. The molecule has 0 radical (unpaired) electrons. The molecule has 3 heterocycles. The van der Waals surface area contributed by atoms with Gasteiger partial charge in [-0.3, -0.25) is 14.7 Å². The number of aliphatic carboxylic acids is 1. The lowest BCUT2D eigenvalue weighted by atomic mass is 9.91. The van der Waals surface area contributed by atoms with Gasteiger partial charge in [-0.1, -0.05) is 37.6 Å². The first-order valence-electron chi connectivity index (χ1n) is 12.3. The molecule has 0 aliphatic carbocycles. The van der Waals surface area contributed by atoms with Gasteiger partial charge >= 0.3 is 11.9 Å². The number of nitrogens with zero attached hydrogens (tertiary/aromatic N) is 3. The Hall–Kier alpha value is -2.86. The van der Waals surface area contributed by atoms with E-state index in [4.69, 9.17) is 26.1 Å². The molecule has 2 aliphatic heterocycles. The maximum absolute atomic E-state index is 14.5. The van der Waals surface area contributed by atoms with Gasteiger partial charge in [-0.05, 0) is 18.4 Å². The van der Waals surface area contributed by atoms with Gasteiger partial charge in [0.2, 0.25) is 0 Å². The van der Waals surface area contributed by atoms with Crippen molar-refractivity contribution in [3.63, 3.8) is 0 Å². The van der Waals surface area contributed by atoms with E-state index >= 15 is 0 Å². The van der Waals surface area contributed by atoms with Gasteiger partial charge in [0, 0.05) is 48.4 Å².